The number of anilines is 1. The summed E-state index contributed by atoms with van der Waals surface area (Å²) in [6, 6.07) is 0. The number of aryl methyl sites for hydroxylation is 1. The summed E-state index contributed by atoms with van der Waals surface area (Å²) in [6.45, 7) is 6.55. The Morgan fingerprint density at radius 2 is 1.82 bits per heavy atom. The van der Waals surface area contributed by atoms with E-state index in [4.69, 9.17) is 0 Å². The third-order valence-electron chi connectivity index (χ3n) is 2.99. The molecule has 3 nitrogen and oxygen atoms in total. The maximum atomic E-state index is 4.33. The largest absolute Gasteiger partial charge is 0.356 e. The molecule has 0 aromatic carbocycles. The Bertz CT molecular complexity index is 281. The predicted octanol–water partition coefficient (Wildman–Crippen LogP) is 4.07. The highest BCUT2D eigenvalue weighted by molar-refractivity contribution is 5.25. The Morgan fingerprint density at radius 1 is 1.06 bits per heavy atom. The Labute approximate surface area is 106 Å². The molecule has 1 aromatic rings. The number of unbranched alkanes of at least 4 members (excludes halogenated alkanes) is 5. The average molecular weight is 237 g/mol. The first kappa shape index (κ1) is 14.1. The number of hydrogen-bond acceptors (Lipinski definition) is 2. The van der Waals surface area contributed by atoms with E-state index in [-0.39, 0.29) is 0 Å². The maximum absolute atomic E-state index is 4.33. The first-order valence-corrected chi connectivity index (χ1v) is 7.13. The Balaban J connectivity index is 2.07. The molecule has 0 radical (unpaired) electrons. The molecule has 1 N–H and O–H groups in total. The molecule has 0 amide bonds. The van der Waals surface area contributed by atoms with Crippen molar-refractivity contribution in [2.24, 2.45) is 0 Å². The summed E-state index contributed by atoms with van der Waals surface area (Å²) in [5.41, 5.74) is 0. The minimum Gasteiger partial charge on any atom is -0.356 e. The van der Waals surface area contributed by atoms with Gasteiger partial charge in [-0.3, -0.25) is 0 Å². The van der Waals surface area contributed by atoms with E-state index < -0.39 is 0 Å². The number of nitrogens with one attached hydrogen (secondary N) is 1. The van der Waals surface area contributed by atoms with Crippen LogP contribution in [0, 0.1) is 0 Å². The molecule has 0 fully saturated rings. The van der Waals surface area contributed by atoms with Gasteiger partial charge in [0.2, 0.25) is 5.95 Å². The van der Waals surface area contributed by atoms with Gasteiger partial charge in [-0.1, -0.05) is 46.0 Å². The first-order chi connectivity index (χ1) is 8.38. The number of rotatable bonds is 10. The molecule has 3 heteroatoms. The van der Waals surface area contributed by atoms with Crippen LogP contribution >= 0.6 is 0 Å². The van der Waals surface area contributed by atoms with Crippen LogP contribution < -0.4 is 5.32 Å². The van der Waals surface area contributed by atoms with Crippen LogP contribution in [0.3, 0.4) is 0 Å². The van der Waals surface area contributed by atoms with Crippen LogP contribution in [0.4, 0.5) is 5.95 Å². The van der Waals surface area contributed by atoms with Crippen molar-refractivity contribution in [1.29, 1.82) is 0 Å². The number of imidazole rings is 1. The molecule has 0 aliphatic heterocycles. The SMILES string of the molecule is CCCCCCCCNc1nccn1CCC. The lowest BCUT2D eigenvalue weighted by Crippen LogP contribution is -2.08. The van der Waals surface area contributed by atoms with E-state index in [1.165, 1.54) is 38.5 Å². The second kappa shape index (κ2) is 9.08. The number of nitrogens with zero attached hydrogens (tertiary/aromatic N) is 2. The molecule has 0 aliphatic rings. The van der Waals surface area contributed by atoms with Crippen molar-refractivity contribution in [3.05, 3.63) is 12.4 Å². The van der Waals surface area contributed by atoms with Gasteiger partial charge in [-0.25, -0.2) is 4.98 Å². The van der Waals surface area contributed by atoms with Crippen LogP contribution in [0.2, 0.25) is 0 Å². The summed E-state index contributed by atoms with van der Waals surface area (Å²) in [7, 11) is 0. The topological polar surface area (TPSA) is 29.9 Å². The molecular formula is C14H27N3. The van der Waals surface area contributed by atoms with Crippen LogP contribution in [-0.2, 0) is 6.54 Å². The molecule has 0 atom stereocenters. The third kappa shape index (κ3) is 5.76. The minimum atomic E-state index is 1.03. The molecule has 0 saturated heterocycles. The molecule has 1 rings (SSSR count). The summed E-state index contributed by atoms with van der Waals surface area (Å²) < 4.78 is 2.19. The second-order valence-corrected chi connectivity index (χ2v) is 4.64. The normalized spacial score (nSPS) is 10.7. The summed E-state index contributed by atoms with van der Waals surface area (Å²) in [5.74, 6) is 1.03. The van der Waals surface area contributed by atoms with Gasteiger partial charge in [0, 0.05) is 25.5 Å². The predicted molar refractivity (Wildman–Crippen MR) is 74.4 cm³/mol. The van der Waals surface area contributed by atoms with Crippen LogP contribution in [0.5, 0.6) is 0 Å². The van der Waals surface area contributed by atoms with E-state index in [2.05, 4.69) is 28.7 Å². The molecule has 17 heavy (non-hydrogen) atoms. The van der Waals surface area contributed by atoms with Crippen molar-refractivity contribution in [3.8, 4) is 0 Å². The lowest BCUT2D eigenvalue weighted by molar-refractivity contribution is 0.614. The molecule has 0 unspecified atom stereocenters. The van der Waals surface area contributed by atoms with Gasteiger partial charge in [-0.05, 0) is 12.8 Å². The zero-order valence-electron chi connectivity index (χ0n) is 11.4. The van der Waals surface area contributed by atoms with Crippen molar-refractivity contribution >= 4 is 5.95 Å². The Kier molecular flexibility index (Phi) is 7.52. The maximum Gasteiger partial charge on any atom is 0.202 e. The highest BCUT2D eigenvalue weighted by atomic mass is 15.2. The fraction of sp³-hybridized carbons (Fsp3) is 0.786. The van der Waals surface area contributed by atoms with Crippen LogP contribution in [0.15, 0.2) is 12.4 Å². The van der Waals surface area contributed by atoms with Crippen LogP contribution in [-0.4, -0.2) is 16.1 Å². The molecule has 0 saturated carbocycles. The van der Waals surface area contributed by atoms with E-state index in [0.29, 0.717) is 0 Å². The Morgan fingerprint density at radius 3 is 2.59 bits per heavy atom. The van der Waals surface area contributed by atoms with Gasteiger partial charge in [0.25, 0.3) is 0 Å². The quantitative estimate of drug-likeness (QED) is 0.622. The van der Waals surface area contributed by atoms with Crippen molar-refractivity contribution in [1.82, 2.24) is 9.55 Å². The summed E-state index contributed by atoms with van der Waals surface area (Å²) in [5, 5.41) is 3.42. The fourth-order valence-electron chi connectivity index (χ4n) is 2.00. The average Bonchev–Trinajstić information content (AvgIpc) is 2.76. The zero-order valence-corrected chi connectivity index (χ0v) is 11.4. The van der Waals surface area contributed by atoms with E-state index in [0.717, 1.165) is 25.5 Å². The molecule has 98 valence electrons. The van der Waals surface area contributed by atoms with E-state index in [9.17, 15) is 0 Å². The van der Waals surface area contributed by atoms with Gasteiger partial charge in [0.15, 0.2) is 0 Å². The van der Waals surface area contributed by atoms with Crippen molar-refractivity contribution in [2.45, 2.75) is 65.3 Å². The number of hydrogen-bond donors (Lipinski definition) is 1. The molecule has 0 aliphatic carbocycles. The number of aromatic nitrogens is 2. The summed E-state index contributed by atoms with van der Waals surface area (Å²) in [6.07, 6.45) is 13.1. The monoisotopic (exact) mass is 237 g/mol. The molecule has 1 heterocycles. The van der Waals surface area contributed by atoms with Gasteiger partial charge in [0.05, 0.1) is 0 Å². The molecule has 0 bridgehead atoms. The van der Waals surface area contributed by atoms with Crippen LogP contribution in [0.1, 0.15) is 58.8 Å². The first-order valence-electron chi connectivity index (χ1n) is 7.13. The minimum absolute atomic E-state index is 1.03. The van der Waals surface area contributed by atoms with Crippen molar-refractivity contribution < 1.29 is 0 Å². The van der Waals surface area contributed by atoms with Crippen molar-refractivity contribution in [3.63, 3.8) is 0 Å². The zero-order chi connectivity index (χ0) is 12.3. The second-order valence-electron chi connectivity index (χ2n) is 4.64. The molecule has 0 spiro atoms. The van der Waals surface area contributed by atoms with E-state index >= 15 is 0 Å². The van der Waals surface area contributed by atoms with Gasteiger partial charge < -0.3 is 9.88 Å². The standard InChI is InChI=1S/C14H27N3/c1-3-5-6-7-8-9-10-15-14-16-11-13-17(14)12-4-2/h11,13H,3-10,12H2,1-2H3,(H,15,16). The highest BCUT2D eigenvalue weighted by Gasteiger charge is 1.99. The van der Waals surface area contributed by atoms with Gasteiger partial charge >= 0.3 is 0 Å². The lowest BCUT2D eigenvalue weighted by atomic mass is 10.1. The smallest absolute Gasteiger partial charge is 0.202 e. The molecular weight excluding hydrogens is 210 g/mol. The van der Waals surface area contributed by atoms with Gasteiger partial charge in [-0.15, -0.1) is 0 Å². The van der Waals surface area contributed by atoms with E-state index in [1.54, 1.807) is 0 Å². The van der Waals surface area contributed by atoms with E-state index in [1.807, 2.05) is 12.4 Å². The summed E-state index contributed by atoms with van der Waals surface area (Å²) >= 11 is 0. The third-order valence-corrected chi connectivity index (χ3v) is 2.99. The van der Waals surface area contributed by atoms with Crippen LogP contribution in [0.25, 0.3) is 0 Å². The Hall–Kier alpha value is -0.990. The highest BCUT2D eigenvalue weighted by Crippen LogP contribution is 2.07. The molecule has 1 aromatic heterocycles. The lowest BCUT2D eigenvalue weighted by Gasteiger charge is -2.08. The van der Waals surface area contributed by atoms with Gasteiger partial charge in [0.1, 0.15) is 0 Å². The summed E-state index contributed by atoms with van der Waals surface area (Å²) in [4.78, 5) is 4.33. The van der Waals surface area contributed by atoms with Crippen molar-refractivity contribution in [2.75, 3.05) is 11.9 Å². The fourth-order valence-corrected chi connectivity index (χ4v) is 2.00. The van der Waals surface area contributed by atoms with Gasteiger partial charge in [-0.2, -0.15) is 0 Å².